The van der Waals surface area contributed by atoms with Gasteiger partial charge in [0.25, 0.3) is 0 Å². The first-order valence-corrected chi connectivity index (χ1v) is 3.63. The molecule has 2 fully saturated rings. The van der Waals surface area contributed by atoms with Gasteiger partial charge in [0.2, 0.25) is 0 Å². The van der Waals surface area contributed by atoms with Crippen molar-refractivity contribution in [2.24, 2.45) is 5.34 Å². The Morgan fingerprint density at radius 3 is 3.18 bits per heavy atom. The van der Waals surface area contributed by atoms with E-state index in [4.69, 9.17) is 9.47 Å². The van der Waals surface area contributed by atoms with Crippen LogP contribution in [0.25, 0.3) is 0 Å². The zero-order valence-electron chi connectivity index (χ0n) is 5.93. The van der Waals surface area contributed by atoms with Crippen LogP contribution in [0.5, 0.6) is 0 Å². The summed E-state index contributed by atoms with van der Waals surface area (Å²) in [6, 6.07) is 0. The van der Waals surface area contributed by atoms with Gasteiger partial charge in [0.15, 0.2) is 11.4 Å². The molecule has 5 heteroatoms. The molecule has 0 N–H and O–H groups in total. The van der Waals surface area contributed by atoms with E-state index in [0.717, 1.165) is 6.42 Å². The molecule has 2 saturated heterocycles. The number of rotatable bonds is 2. The largest absolute Gasteiger partial charge is 0.371 e. The molecule has 5 nitrogen and oxygen atoms in total. The summed E-state index contributed by atoms with van der Waals surface area (Å²) < 4.78 is 10.6. The maximum absolute atomic E-state index is 9.77. The van der Waals surface area contributed by atoms with E-state index < -0.39 is 0 Å². The molecule has 2 heterocycles. The SMILES string of the molecule is O=NO[C@@H]1CO[C@@H]2CCO[C@@H]21. The Morgan fingerprint density at radius 1 is 1.45 bits per heavy atom. The molecule has 0 spiro atoms. The molecule has 0 aromatic carbocycles. The summed E-state index contributed by atoms with van der Waals surface area (Å²) in [7, 11) is 0. The molecule has 0 saturated carbocycles. The van der Waals surface area contributed by atoms with E-state index in [0.29, 0.717) is 13.2 Å². The predicted octanol–water partition coefficient (Wildman–Crippen LogP) is 0.241. The first-order valence-electron chi connectivity index (χ1n) is 3.63. The van der Waals surface area contributed by atoms with Crippen molar-refractivity contribution in [1.82, 2.24) is 0 Å². The molecule has 0 aromatic rings. The van der Waals surface area contributed by atoms with E-state index in [1.54, 1.807) is 0 Å². The van der Waals surface area contributed by atoms with Crippen molar-refractivity contribution in [2.75, 3.05) is 13.2 Å². The molecule has 62 valence electrons. The van der Waals surface area contributed by atoms with Crippen molar-refractivity contribution < 1.29 is 14.3 Å². The van der Waals surface area contributed by atoms with Crippen molar-refractivity contribution in [1.29, 1.82) is 0 Å². The monoisotopic (exact) mass is 159 g/mol. The van der Waals surface area contributed by atoms with Crippen molar-refractivity contribution in [2.45, 2.75) is 24.7 Å². The smallest absolute Gasteiger partial charge is 0.182 e. The summed E-state index contributed by atoms with van der Waals surface area (Å²) in [6.45, 7) is 1.11. The summed E-state index contributed by atoms with van der Waals surface area (Å²) in [5.41, 5.74) is 0. The fourth-order valence-electron chi connectivity index (χ4n) is 1.58. The number of hydrogen-bond acceptors (Lipinski definition) is 5. The van der Waals surface area contributed by atoms with Gasteiger partial charge in [-0.3, -0.25) is 0 Å². The number of ether oxygens (including phenoxy) is 2. The minimum absolute atomic E-state index is 0.0762. The van der Waals surface area contributed by atoms with Gasteiger partial charge in [-0.25, -0.2) is 0 Å². The standard InChI is InChI=1S/C6H9NO4/c8-7-11-5-3-10-4-1-2-9-6(4)5/h4-6H,1-3H2/t4-,5-,6+/m1/s1. The highest BCUT2D eigenvalue weighted by molar-refractivity contribution is 4.89. The van der Waals surface area contributed by atoms with Gasteiger partial charge in [-0.15, -0.1) is 4.91 Å². The van der Waals surface area contributed by atoms with E-state index >= 15 is 0 Å². The summed E-state index contributed by atoms with van der Waals surface area (Å²) >= 11 is 0. The first kappa shape index (κ1) is 7.00. The minimum Gasteiger partial charge on any atom is -0.371 e. The molecule has 0 bridgehead atoms. The lowest BCUT2D eigenvalue weighted by molar-refractivity contribution is -0.0308. The van der Waals surface area contributed by atoms with Gasteiger partial charge < -0.3 is 14.3 Å². The van der Waals surface area contributed by atoms with Crippen molar-refractivity contribution in [3.63, 3.8) is 0 Å². The Bertz CT molecular complexity index is 163. The summed E-state index contributed by atoms with van der Waals surface area (Å²) in [4.78, 5) is 14.3. The van der Waals surface area contributed by atoms with Crippen LogP contribution in [-0.2, 0) is 14.3 Å². The van der Waals surface area contributed by atoms with Crippen LogP contribution in [0, 0.1) is 4.91 Å². The summed E-state index contributed by atoms with van der Waals surface area (Å²) in [6.07, 6.45) is 0.637. The van der Waals surface area contributed by atoms with E-state index in [1.165, 1.54) is 0 Å². The number of fused-ring (bicyclic) bond motifs is 1. The minimum atomic E-state index is -0.292. The van der Waals surface area contributed by atoms with Gasteiger partial charge in [-0.1, -0.05) is 0 Å². The maximum Gasteiger partial charge on any atom is 0.182 e. The van der Waals surface area contributed by atoms with Crippen molar-refractivity contribution in [3.05, 3.63) is 4.91 Å². The average Bonchev–Trinajstić information content (AvgIpc) is 2.53. The van der Waals surface area contributed by atoms with E-state index in [2.05, 4.69) is 10.2 Å². The molecule has 0 radical (unpaired) electrons. The molecule has 2 aliphatic rings. The second-order valence-electron chi connectivity index (χ2n) is 2.71. The highest BCUT2D eigenvalue weighted by Crippen LogP contribution is 2.28. The van der Waals surface area contributed by atoms with Gasteiger partial charge in [0.1, 0.15) is 6.10 Å². The molecular formula is C6H9NO4. The molecule has 0 amide bonds. The fraction of sp³-hybridized carbons (Fsp3) is 1.00. The Labute approximate surface area is 63.5 Å². The van der Waals surface area contributed by atoms with Gasteiger partial charge in [0.05, 0.1) is 12.7 Å². The Balaban J connectivity index is 1.97. The zero-order valence-corrected chi connectivity index (χ0v) is 5.93. The lowest BCUT2D eigenvalue weighted by atomic mass is 10.1. The quantitative estimate of drug-likeness (QED) is 0.427. The normalized spacial score (nSPS) is 42.0. The highest BCUT2D eigenvalue weighted by Gasteiger charge is 2.43. The molecule has 0 aromatic heterocycles. The third-order valence-electron chi connectivity index (χ3n) is 2.10. The van der Waals surface area contributed by atoms with Crippen LogP contribution in [0.2, 0.25) is 0 Å². The lowest BCUT2D eigenvalue weighted by Gasteiger charge is -2.10. The topological polar surface area (TPSA) is 57.1 Å². The van der Waals surface area contributed by atoms with Crippen molar-refractivity contribution in [3.8, 4) is 0 Å². The zero-order chi connectivity index (χ0) is 7.68. The molecule has 2 aliphatic heterocycles. The average molecular weight is 159 g/mol. The second-order valence-corrected chi connectivity index (χ2v) is 2.71. The highest BCUT2D eigenvalue weighted by atomic mass is 16.7. The van der Waals surface area contributed by atoms with E-state index in [1.807, 2.05) is 0 Å². The van der Waals surface area contributed by atoms with Crippen LogP contribution in [0.1, 0.15) is 6.42 Å². The van der Waals surface area contributed by atoms with Gasteiger partial charge in [-0.2, -0.15) is 0 Å². The van der Waals surface area contributed by atoms with Crippen LogP contribution < -0.4 is 0 Å². The molecule has 11 heavy (non-hydrogen) atoms. The molecule has 0 aliphatic carbocycles. The van der Waals surface area contributed by atoms with Crippen LogP contribution in [0.15, 0.2) is 5.34 Å². The lowest BCUT2D eigenvalue weighted by Crippen LogP contribution is -2.28. The Morgan fingerprint density at radius 2 is 2.36 bits per heavy atom. The molecule has 2 rings (SSSR count). The Kier molecular flexibility index (Phi) is 1.75. The first-order chi connectivity index (χ1) is 5.42. The van der Waals surface area contributed by atoms with Gasteiger partial charge >= 0.3 is 0 Å². The molecular weight excluding hydrogens is 150 g/mol. The molecule has 0 unspecified atom stereocenters. The van der Waals surface area contributed by atoms with E-state index in [-0.39, 0.29) is 18.3 Å². The molecule has 3 atom stereocenters. The second kappa shape index (κ2) is 2.75. The van der Waals surface area contributed by atoms with Crippen LogP contribution >= 0.6 is 0 Å². The van der Waals surface area contributed by atoms with Crippen molar-refractivity contribution >= 4 is 0 Å². The third kappa shape index (κ3) is 1.10. The summed E-state index contributed by atoms with van der Waals surface area (Å²) in [5.74, 6) is 0. The van der Waals surface area contributed by atoms with Crippen LogP contribution in [0.3, 0.4) is 0 Å². The predicted molar refractivity (Wildman–Crippen MR) is 34.8 cm³/mol. The number of nitrogens with zero attached hydrogens (tertiary/aromatic N) is 1. The van der Waals surface area contributed by atoms with Crippen LogP contribution in [-0.4, -0.2) is 31.5 Å². The summed E-state index contributed by atoms with van der Waals surface area (Å²) in [5, 5.41) is 2.37. The van der Waals surface area contributed by atoms with Gasteiger partial charge in [-0.05, 0) is 6.42 Å². The van der Waals surface area contributed by atoms with E-state index in [9.17, 15) is 4.91 Å². The Hall–Kier alpha value is -0.680. The fourth-order valence-corrected chi connectivity index (χ4v) is 1.58. The number of hydrogen-bond donors (Lipinski definition) is 0. The van der Waals surface area contributed by atoms with Crippen LogP contribution in [0.4, 0.5) is 0 Å². The van der Waals surface area contributed by atoms with Gasteiger partial charge in [0, 0.05) is 6.61 Å². The third-order valence-corrected chi connectivity index (χ3v) is 2.10. The maximum atomic E-state index is 9.77.